The van der Waals surface area contributed by atoms with Gasteiger partial charge < -0.3 is 4.74 Å². The molecule has 1 fully saturated rings. The van der Waals surface area contributed by atoms with Gasteiger partial charge in [-0.15, -0.1) is 0 Å². The Morgan fingerprint density at radius 2 is 1.91 bits per heavy atom. The zero-order chi connectivity index (χ0) is 24.1. The summed E-state index contributed by atoms with van der Waals surface area (Å²) in [5.41, 5.74) is 4.63. The van der Waals surface area contributed by atoms with Crippen LogP contribution < -0.4 is 4.74 Å². The van der Waals surface area contributed by atoms with E-state index in [1.165, 1.54) is 18.2 Å². The molecule has 0 atom stereocenters. The largest absolute Gasteiger partial charge is 0.496 e. The van der Waals surface area contributed by atoms with Crippen LogP contribution in [-0.2, 0) is 4.79 Å². The summed E-state index contributed by atoms with van der Waals surface area (Å²) < 4.78 is 7.91. The third kappa shape index (κ3) is 5.26. The molecule has 0 bridgehead atoms. The molecule has 1 saturated heterocycles. The number of nitrogens with zero attached hydrogens (tertiary/aromatic N) is 3. The van der Waals surface area contributed by atoms with Gasteiger partial charge in [0.1, 0.15) is 15.8 Å². The second-order valence-corrected chi connectivity index (χ2v) is 9.97. The highest BCUT2D eigenvalue weighted by atomic mass is 32.2. The van der Waals surface area contributed by atoms with Gasteiger partial charge in [-0.05, 0) is 55.3 Å². The summed E-state index contributed by atoms with van der Waals surface area (Å²) in [5.74, 6) is 0.813. The standard InChI is InChI=1S/C27H29N3O2S2/c1-4-5-6-10-15-29-26(31)24(34-27(29)33)17-21-18-30(22-11-8-7-9-12-22)28-25(21)20-13-14-23(32-3)19(2)16-20/h7-9,11-14,16-18H,4-6,10,15H2,1-3H3/b24-17+. The fraction of sp³-hybridized carbons (Fsp3) is 0.296. The van der Waals surface area contributed by atoms with Crippen LogP contribution in [0.4, 0.5) is 0 Å². The fourth-order valence-corrected chi connectivity index (χ4v) is 5.29. The van der Waals surface area contributed by atoms with E-state index < -0.39 is 0 Å². The Balaban J connectivity index is 1.70. The maximum Gasteiger partial charge on any atom is 0.266 e. The number of carbonyl (C=O) groups is 1. The molecule has 2 aromatic carbocycles. The first-order valence-electron chi connectivity index (χ1n) is 11.6. The minimum Gasteiger partial charge on any atom is -0.496 e. The summed E-state index contributed by atoms with van der Waals surface area (Å²) in [7, 11) is 1.67. The molecular formula is C27H29N3O2S2. The summed E-state index contributed by atoms with van der Waals surface area (Å²) in [5, 5.41) is 4.89. The Hall–Kier alpha value is -2.90. The second kappa shape index (κ2) is 11.0. The third-order valence-corrected chi connectivity index (χ3v) is 7.20. The zero-order valence-corrected chi connectivity index (χ0v) is 21.4. The number of benzene rings is 2. The fourth-order valence-electron chi connectivity index (χ4n) is 3.99. The van der Waals surface area contributed by atoms with Gasteiger partial charge in [-0.3, -0.25) is 9.69 Å². The van der Waals surface area contributed by atoms with Crippen LogP contribution >= 0.6 is 24.0 Å². The van der Waals surface area contributed by atoms with E-state index in [4.69, 9.17) is 22.1 Å². The number of unbranched alkanes of at least 4 members (excludes halogenated alkanes) is 3. The van der Waals surface area contributed by atoms with Gasteiger partial charge in [-0.1, -0.05) is 68.4 Å². The van der Waals surface area contributed by atoms with E-state index >= 15 is 0 Å². The third-order valence-electron chi connectivity index (χ3n) is 5.83. The molecule has 176 valence electrons. The van der Waals surface area contributed by atoms with Crippen molar-refractivity contribution in [2.24, 2.45) is 0 Å². The number of ether oxygens (including phenoxy) is 1. The van der Waals surface area contributed by atoms with Crippen molar-refractivity contribution < 1.29 is 9.53 Å². The van der Waals surface area contributed by atoms with E-state index in [1.807, 2.05) is 66.3 Å². The molecule has 1 amide bonds. The molecule has 0 unspecified atom stereocenters. The number of hydrogen-bond acceptors (Lipinski definition) is 5. The molecule has 0 radical (unpaired) electrons. The van der Waals surface area contributed by atoms with E-state index in [1.54, 1.807) is 12.0 Å². The summed E-state index contributed by atoms with van der Waals surface area (Å²) in [6.07, 6.45) is 8.31. The van der Waals surface area contributed by atoms with Crippen LogP contribution in [0.5, 0.6) is 5.75 Å². The number of rotatable bonds is 9. The van der Waals surface area contributed by atoms with Crippen LogP contribution in [0.25, 0.3) is 23.0 Å². The van der Waals surface area contributed by atoms with Gasteiger partial charge in [0.25, 0.3) is 5.91 Å². The van der Waals surface area contributed by atoms with Gasteiger partial charge in [-0.25, -0.2) is 4.68 Å². The zero-order valence-electron chi connectivity index (χ0n) is 19.8. The first kappa shape index (κ1) is 24.2. The maximum atomic E-state index is 13.2. The Morgan fingerprint density at radius 1 is 1.12 bits per heavy atom. The Kier molecular flexibility index (Phi) is 7.85. The molecule has 1 aliphatic rings. The van der Waals surface area contributed by atoms with Crippen molar-refractivity contribution in [3.8, 4) is 22.7 Å². The first-order chi connectivity index (χ1) is 16.5. The highest BCUT2D eigenvalue weighted by Crippen LogP contribution is 2.35. The van der Waals surface area contributed by atoms with Crippen LogP contribution in [0.3, 0.4) is 0 Å². The lowest BCUT2D eigenvalue weighted by molar-refractivity contribution is -0.122. The SMILES string of the molecule is CCCCCCN1C(=O)/C(=C\c2cn(-c3ccccc3)nc2-c2ccc(OC)c(C)c2)SC1=S. The molecule has 34 heavy (non-hydrogen) atoms. The molecule has 7 heteroatoms. The van der Waals surface area contributed by atoms with Crippen LogP contribution in [0.1, 0.15) is 43.7 Å². The number of thiocarbonyl (C=S) groups is 1. The highest BCUT2D eigenvalue weighted by Gasteiger charge is 2.32. The molecule has 3 aromatic rings. The topological polar surface area (TPSA) is 47.4 Å². The summed E-state index contributed by atoms with van der Waals surface area (Å²) >= 11 is 6.90. The molecule has 0 aliphatic carbocycles. The van der Waals surface area contributed by atoms with Crippen molar-refractivity contribution in [3.05, 3.63) is 70.8 Å². The lowest BCUT2D eigenvalue weighted by Crippen LogP contribution is -2.29. The second-order valence-electron chi connectivity index (χ2n) is 8.29. The van der Waals surface area contributed by atoms with Crippen LogP contribution in [0.15, 0.2) is 59.6 Å². The highest BCUT2D eigenvalue weighted by molar-refractivity contribution is 8.26. The minimum atomic E-state index is -0.0178. The van der Waals surface area contributed by atoms with Crippen molar-refractivity contribution in [1.82, 2.24) is 14.7 Å². The Labute approximate surface area is 210 Å². The number of thioether (sulfide) groups is 1. The van der Waals surface area contributed by atoms with Crippen LogP contribution in [0.2, 0.25) is 0 Å². The first-order valence-corrected chi connectivity index (χ1v) is 12.8. The number of amides is 1. The van der Waals surface area contributed by atoms with Crippen LogP contribution in [0, 0.1) is 6.92 Å². The molecule has 2 heterocycles. The van der Waals surface area contributed by atoms with Crippen molar-refractivity contribution in [1.29, 1.82) is 0 Å². The quantitative estimate of drug-likeness (QED) is 0.191. The van der Waals surface area contributed by atoms with E-state index in [2.05, 4.69) is 13.0 Å². The lowest BCUT2D eigenvalue weighted by atomic mass is 10.0. The van der Waals surface area contributed by atoms with Crippen LogP contribution in [-0.4, -0.2) is 38.6 Å². The smallest absolute Gasteiger partial charge is 0.266 e. The monoisotopic (exact) mass is 491 g/mol. The van der Waals surface area contributed by atoms with Gasteiger partial charge in [0.15, 0.2) is 0 Å². The van der Waals surface area contributed by atoms with Crippen molar-refractivity contribution in [3.63, 3.8) is 0 Å². The van der Waals surface area contributed by atoms with E-state index in [0.717, 1.165) is 53.1 Å². The summed E-state index contributed by atoms with van der Waals surface area (Å²) in [6, 6.07) is 16.0. The number of aryl methyl sites for hydroxylation is 1. The molecule has 5 nitrogen and oxygen atoms in total. The number of methoxy groups -OCH3 is 1. The van der Waals surface area contributed by atoms with Gasteiger partial charge in [0.05, 0.1) is 17.7 Å². The number of para-hydroxylation sites is 1. The van der Waals surface area contributed by atoms with E-state index in [-0.39, 0.29) is 5.91 Å². The van der Waals surface area contributed by atoms with Crippen molar-refractivity contribution in [2.45, 2.75) is 39.5 Å². The minimum absolute atomic E-state index is 0.0178. The summed E-state index contributed by atoms with van der Waals surface area (Å²) in [6.45, 7) is 4.87. The number of aromatic nitrogens is 2. The molecule has 1 aromatic heterocycles. The molecule has 0 spiro atoms. The maximum absolute atomic E-state index is 13.2. The normalized spacial score (nSPS) is 14.9. The van der Waals surface area contributed by atoms with Gasteiger partial charge in [0, 0.05) is 23.9 Å². The van der Waals surface area contributed by atoms with Crippen molar-refractivity contribution >= 4 is 40.3 Å². The van der Waals surface area contributed by atoms with E-state index in [9.17, 15) is 4.79 Å². The van der Waals surface area contributed by atoms with Gasteiger partial charge in [0.2, 0.25) is 0 Å². The van der Waals surface area contributed by atoms with E-state index in [0.29, 0.717) is 15.8 Å². The number of hydrogen-bond donors (Lipinski definition) is 0. The Bertz CT molecular complexity index is 1220. The molecule has 4 rings (SSSR count). The summed E-state index contributed by atoms with van der Waals surface area (Å²) in [4.78, 5) is 15.5. The molecule has 0 saturated carbocycles. The molecule has 1 aliphatic heterocycles. The lowest BCUT2D eigenvalue weighted by Gasteiger charge is -2.13. The Morgan fingerprint density at radius 3 is 2.62 bits per heavy atom. The average molecular weight is 492 g/mol. The molecule has 0 N–H and O–H groups in total. The van der Waals surface area contributed by atoms with Crippen molar-refractivity contribution in [2.75, 3.05) is 13.7 Å². The van der Waals surface area contributed by atoms with Gasteiger partial charge in [-0.2, -0.15) is 5.10 Å². The predicted octanol–water partition coefficient (Wildman–Crippen LogP) is 6.64. The predicted molar refractivity (Wildman–Crippen MR) is 144 cm³/mol. The van der Waals surface area contributed by atoms with Gasteiger partial charge >= 0.3 is 0 Å². The number of carbonyl (C=O) groups excluding carboxylic acids is 1. The average Bonchev–Trinajstić information content (AvgIpc) is 3.38. The molecular weight excluding hydrogens is 462 g/mol.